The van der Waals surface area contributed by atoms with E-state index in [0.717, 1.165) is 61.6 Å². The van der Waals surface area contributed by atoms with Gasteiger partial charge in [0.15, 0.2) is 0 Å². The molecule has 176 valence electrons. The van der Waals surface area contributed by atoms with Crippen LogP contribution in [0.15, 0.2) is 42.5 Å². The Morgan fingerprint density at radius 2 is 2.00 bits per heavy atom. The second-order valence-electron chi connectivity index (χ2n) is 8.32. The summed E-state index contributed by atoms with van der Waals surface area (Å²) in [5, 5.41) is 22.0. The Labute approximate surface area is 195 Å². The Bertz CT molecular complexity index is 949. The maximum atomic E-state index is 11.4. The number of carboxylic acid groups (broad SMARTS) is 1. The van der Waals surface area contributed by atoms with Gasteiger partial charge in [0.2, 0.25) is 0 Å². The first kappa shape index (κ1) is 24.6. The van der Waals surface area contributed by atoms with Gasteiger partial charge in [-0.3, -0.25) is 4.79 Å². The number of nitrogens with one attached hydrogen (secondary N) is 1. The minimum Gasteiger partial charge on any atom is -0.481 e. The molecule has 2 N–H and O–H groups in total. The van der Waals surface area contributed by atoms with E-state index in [0.29, 0.717) is 18.2 Å². The third-order valence-electron chi connectivity index (χ3n) is 6.18. The minimum absolute atomic E-state index is 0.0615. The van der Waals surface area contributed by atoms with E-state index in [1.165, 1.54) is 0 Å². The van der Waals surface area contributed by atoms with Gasteiger partial charge in [-0.15, -0.1) is 0 Å². The van der Waals surface area contributed by atoms with Crippen molar-refractivity contribution < 1.29 is 19.4 Å². The zero-order valence-electron chi connectivity index (χ0n) is 19.4. The Morgan fingerprint density at radius 1 is 1.27 bits per heavy atom. The molecule has 1 aliphatic heterocycles. The van der Waals surface area contributed by atoms with Crippen LogP contribution in [0, 0.1) is 11.3 Å². The first-order chi connectivity index (χ1) is 16.0. The lowest BCUT2D eigenvalue weighted by Crippen LogP contribution is -2.41. The minimum atomic E-state index is -0.795. The summed E-state index contributed by atoms with van der Waals surface area (Å²) in [6, 6.07) is 16.0. The number of aliphatic carboxylic acids is 1. The second-order valence-corrected chi connectivity index (χ2v) is 8.32. The van der Waals surface area contributed by atoms with Gasteiger partial charge in [0, 0.05) is 38.6 Å². The maximum Gasteiger partial charge on any atom is 0.303 e. The molecule has 7 heteroatoms. The van der Waals surface area contributed by atoms with Crippen LogP contribution in [-0.4, -0.2) is 50.6 Å². The first-order valence-corrected chi connectivity index (χ1v) is 11.5. The summed E-state index contributed by atoms with van der Waals surface area (Å²) in [4.78, 5) is 13.8. The van der Waals surface area contributed by atoms with Gasteiger partial charge in [-0.2, -0.15) is 5.26 Å². The summed E-state index contributed by atoms with van der Waals surface area (Å²) in [6.45, 7) is 4.84. The van der Waals surface area contributed by atoms with Crippen LogP contribution in [-0.2, 0) is 14.3 Å². The van der Waals surface area contributed by atoms with Crippen molar-refractivity contribution in [3.63, 3.8) is 0 Å². The predicted octanol–water partition coefficient (Wildman–Crippen LogP) is 4.90. The zero-order chi connectivity index (χ0) is 23.6. The molecule has 1 saturated heterocycles. The highest BCUT2D eigenvalue weighted by atomic mass is 16.5. The molecule has 0 aliphatic carbocycles. The molecule has 0 bridgehead atoms. The molecule has 0 radical (unpaired) electrons. The molecular formula is C26H33N3O4. The standard InChI is InChI=1S/C26H33N3O4/c1-3-20(17-26(30)31)21-6-9-25(29(12-15-32-2)23-10-13-33-14-11-23)24(16-21)28-22-7-4-19(18-27)5-8-22/h4-9,16,20,23,28H,3,10-15,17H2,1-2H3,(H,30,31). The molecule has 33 heavy (non-hydrogen) atoms. The summed E-state index contributed by atoms with van der Waals surface area (Å²) in [7, 11) is 1.71. The topological polar surface area (TPSA) is 94.8 Å². The molecular weight excluding hydrogens is 418 g/mol. The van der Waals surface area contributed by atoms with Crippen molar-refractivity contribution >= 4 is 23.0 Å². The van der Waals surface area contributed by atoms with Crippen LogP contribution in [0.2, 0.25) is 0 Å². The molecule has 2 aromatic rings. The molecule has 1 heterocycles. The van der Waals surface area contributed by atoms with Crippen LogP contribution in [0.25, 0.3) is 0 Å². The van der Waals surface area contributed by atoms with Crippen molar-refractivity contribution in [2.24, 2.45) is 0 Å². The number of carbonyl (C=O) groups is 1. The van der Waals surface area contributed by atoms with Crippen LogP contribution in [0.1, 0.15) is 49.7 Å². The van der Waals surface area contributed by atoms with Gasteiger partial charge in [0.1, 0.15) is 0 Å². The lowest BCUT2D eigenvalue weighted by atomic mass is 9.92. The monoisotopic (exact) mass is 451 g/mol. The molecule has 1 atom stereocenters. The molecule has 0 amide bonds. The largest absolute Gasteiger partial charge is 0.481 e. The zero-order valence-corrected chi connectivity index (χ0v) is 19.4. The molecule has 0 saturated carbocycles. The van der Waals surface area contributed by atoms with E-state index in [9.17, 15) is 9.90 Å². The van der Waals surface area contributed by atoms with Crippen LogP contribution in [0.3, 0.4) is 0 Å². The number of methoxy groups -OCH3 is 1. The van der Waals surface area contributed by atoms with Crippen LogP contribution < -0.4 is 10.2 Å². The average Bonchev–Trinajstić information content (AvgIpc) is 2.84. The molecule has 0 spiro atoms. The van der Waals surface area contributed by atoms with Crippen molar-refractivity contribution in [2.75, 3.05) is 43.7 Å². The number of hydrogen-bond donors (Lipinski definition) is 2. The lowest BCUT2D eigenvalue weighted by Gasteiger charge is -2.37. The van der Waals surface area contributed by atoms with E-state index >= 15 is 0 Å². The van der Waals surface area contributed by atoms with Crippen molar-refractivity contribution in [1.82, 2.24) is 0 Å². The third-order valence-corrected chi connectivity index (χ3v) is 6.18. The predicted molar refractivity (Wildman–Crippen MR) is 129 cm³/mol. The fourth-order valence-corrected chi connectivity index (χ4v) is 4.34. The van der Waals surface area contributed by atoms with Gasteiger partial charge in [-0.25, -0.2) is 0 Å². The van der Waals surface area contributed by atoms with Crippen LogP contribution in [0.5, 0.6) is 0 Å². The summed E-state index contributed by atoms with van der Waals surface area (Å²) < 4.78 is 11.0. The summed E-state index contributed by atoms with van der Waals surface area (Å²) in [5.41, 5.74) is 4.45. The Morgan fingerprint density at radius 3 is 2.61 bits per heavy atom. The van der Waals surface area contributed by atoms with Crippen LogP contribution in [0.4, 0.5) is 17.1 Å². The van der Waals surface area contributed by atoms with Gasteiger partial charge >= 0.3 is 5.97 Å². The Balaban J connectivity index is 2.01. The number of nitrogens with zero attached hydrogens (tertiary/aromatic N) is 2. The molecule has 2 aromatic carbocycles. The Kier molecular flexibility index (Phi) is 9.11. The van der Waals surface area contributed by atoms with E-state index in [1.54, 1.807) is 19.2 Å². The van der Waals surface area contributed by atoms with E-state index < -0.39 is 5.97 Å². The summed E-state index contributed by atoms with van der Waals surface area (Å²) in [5.74, 6) is -0.856. The average molecular weight is 452 g/mol. The number of anilines is 3. The molecule has 1 aliphatic rings. The van der Waals surface area contributed by atoms with E-state index in [-0.39, 0.29) is 12.3 Å². The van der Waals surface area contributed by atoms with Crippen molar-refractivity contribution in [3.05, 3.63) is 53.6 Å². The number of rotatable bonds is 11. The maximum absolute atomic E-state index is 11.4. The molecule has 3 rings (SSSR count). The van der Waals surface area contributed by atoms with Gasteiger partial charge in [-0.1, -0.05) is 13.0 Å². The fraction of sp³-hybridized carbons (Fsp3) is 0.462. The van der Waals surface area contributed by atoms with Gasteiger partial charge in [0.05, 0.1) is 36.0 Å². The number of carboxylic acids is 1. The highest BCUT2D eigenvalue weighted by Crippen LogP contribution is 2.36. The summed E-state index contributed by atoms with van der Waals surface area (Å²) in [6.07, 6.45) is 2.73. The number of nitriles is 1. The molecule has 1 fully saturated rings. The van der Waals surface area contributed by atoms with Gasteiger partial charge in [-0.05, 0) is 67.1 Å². The van der Waals surface area contributed by atoms with Gasteiger partial charge in [0.25, 0.3) is 0 Å². The highest BCUT2D eigenvalue weighted by Gasteiger charge is 2.25. The SMILES string of the molecule is CCC(CC(=O)O)c1ccc(N(CCOC)C2CCOCC2)c(Nc2ccc(C#N)cc2)c1. The normalized spacial score (nSPS) is 14.9. The van der Waals surface area contributed by atoms with Crippen LogP contribution >= 0.6 is 0 Å². The highest BCUT2D eigenvalue weighted by molar-refractivity contribution is 5.77. The molecule has 1 unspecified atom stereocenters. The van der Waals surface area contributed by atoms with Crippen molar-refractivity contribution in [2.45, 2.75) is 44.6 Å². The van der Waals surface area contributed by atoms with E-state index in [4.69, 9.17) is 14.7 Å². The van der Waals surface area contributed by atoms with E-state index in [1.807, 2.05) is 19.1 Å². The molecule has 7 nitrogen and oxygen atoms in total. The van der Waals surface area contributed by atoms with E-state index in [2.05, 4.69) is 34.5 Å². The number of hydrogen-bond acceptors (Lipinski definition) is 6. The second kappa shape index (κ2) is 12.2. The number of benzene rings is 2. The number of ether oxygens (including phenoxy) is 2. The third kappa shape index (κ3) is 6.70. The van der Waals surface area contributed by atoms with Gasteiger partial charge < -0.3 is 24.8 Å². The first-order valence-electron chi connectivity index (χ1n) is 11.5. The quantitative estimate of drug-likeness (QED) is 0.502. The Hall–Kier alpha value is -3.08. The summed E-state index contributed by atoms with van der Waals surface area (Å²) >= 11 is 0. The molecule has 0 aromatic heterocycles. The van der Waals surface area contributed by atoms with Crippen molar-refractivity contribution in [3.8, 4) is 6.07 Å². The van der Waals surface area contributed by atoms with Crippen molar-refractivity contribution in [1.29, 1.82) is 5.26 Å². The smallest absolute Gasteiger partial charge is 0.303 e. The lowest BCUT2D eigenvalue weighted by molar-refractivity contribution is -0.137. The fourth-order valence-electron chi connectivity index (χ4n) is 4.34.